The summed E-state index contributed by atoms with van der Waals surface area (Å²) in [5.74, 6) is 5.97. The largest absolute Gasteiger partial charge is 0.491 e. The van der Waals surface area contributed by atoms with Gasteiger partial charge in [-0.05, 0) is 60.4 Å². The predicted molar refractivity (Wildman–Crippen MR) is 109 cm³/mol. The maximum atomic E-state index is 13.9. The topological polar surface area (TPSA) is 9.23 Å². The van der Waals surface area contributed by atoms with Gasteiger partial charge in [0.2, 0.25) is 0 Å². The Bertz CT molecular complexity index is 944. The molecule has 1 nitrogen and oxygen atoms in total. The van der Waals surface area contributed by atoms with Crippen LogP contribution in [0, 0.1) is 17.7 Å². The number of ether oxygens (including phenoxy) is 1. The molecule has 0 aliphatic rings. The lowest BCUT2D eigenvalue weighted by Crippen LogP contribution is -1.94. The highest BCUT2D eigenvalue weighted by Crippen LogP contribution is 2.21. The Balaban J connectivity index is 1.73. The molecule has 3 aromatic rings. The molecule has 0 atom stereocenters. The molecule has 0 N–H and O–H groups in total. The first-order valence-electron chi connectivity index (χ1n) is 9.33. The molecule has 0 amide bonds. The third-order valence-corrected chi connectivity index (χ3v) is 4.29. The van der Waals surface area contributed by atoms with E-state index in [1.807, 2.05) is 19.1 Å². The zero-order valence-electron chi connectivity index (χ0n) is 15.8. The van der Waals surface area contributed by atoms with E-state index in [2.05, 4.69) is 55.2 Å². The maximum Gasteiger partial charge on any atom is 0.166 e. The quantitative estimate of drug-likeness (QED) is 0.490. The van der Waals surface area contributed by atoms with Crippen LogP contribution >= 0.6 is 0 Å². The third kappa shape index (κ3) is 4.99. The number of halogens is 1. The zero-order chi connectivity index (χ0) is 19.1. The number of rotatable bonds is 5. The van der Waals surface area contributed by atoms with Crippen molar-refractivity contribution in [3.8, 4) is 28.7 Å². The fourth-order valence-electron chi connectivity index (χ4n) is 2.89. The Morgan fingerprint density at radius 3 is 1.96 bits per heavy atom. The smallest absolute Gasteiger partial charge is 0.166 e. The summed E-state index contributed by atoms with van der Waals surface area (Å²) in [6, 6.07) is 21.6. The van der Waals surface area contributed by atoms with Crippen molar-refractivity contribution in [3.63, 3.8) is 0 Å². The normalized spacial score (nSPS) is 10.2. The van der Waals surface area contributed by atoms with Crippen LogP contribution < -0.4 is 4.74 Å². The van der Waals surface area contributed by atoms with Crippen molar-refractivity contribution in [2.45, 2.75) is 26.7 Å². The summed E-state index contributed by atoms with van der Waals surface area (Å²) in [5, 5.41) is 0. The minimum atomic E-state index is -0.384. The molecule has 2 heteroatoms. The molecule has 0 radical (unpaired) electrons. The van der Waals surface area contributed by atoms with Gasteiger partial charge in [-0.2, -0.15) is 0 Å². The Morgan fingerprint density at radius 2 is 1.37 bits per heavy atom. The van der Waals surface area contributed by atoms with Crippen LogP contribution in [0.15, 0.2) is 66.7 Å². The van der Waals surface area contributed by atoms with E-state index in [9.17, 15) is 4.39 Å². The van der Waals surface area contributed by atoms with Crippen molar-refractivity contribution in [1.82, 2.24) is 0 Å². The standard InChI is InChI=1S/C25H23FO/c1-3-5-19-8-13-22(14-9-19)23-15-10-20(11-16-23)6-7-21-12-17-25(27-4-2)24(26)18-21/h8-18H,3-5H2,1-2H3. The average molecular weight is 358 g/mol. The summed E-state index contributed by atoms with van der Waals surface area (Å²) < 4.78 is 19.1. The Kier molecular flexibility index (Phi) is 6.28. The molecule has 0 bridgehead atoms. The number of hydrogen-bond acceptors (Lipinski definition) is 1. The molecule has 3 rings (SSSR count). The second-order valence-electron chi connectivity index (χ2n) is 6.35. The van der Waals surface area contributed by atoms with E-state index >= 15 is 0 Å². The van der Waals surface area contributed by atoms with E-state index in [1.165, 1.54) is 17.2 Å². The van der Waals surface area contributed by atoms with Gasteiger partial charge < -0.3 is 4.74 Å². The van der Waals surface area contributed by atoms with Crippen LogP contribution in [0.3, 0.4) is 0 Å². The van der Waals surface area contributed by atoms with E-state index in [4.69, 9.17) is 4.74 Å². The number of aryl methyl sites for hydroxylation is 1. The molecule has 0 saturated carbocycles. The summed E-state index contributed by atoms with van der Waals surface area (Å²) in [6.45, 7) is 4.46. The van der Waals surface area contributed by atoms with Crippen molar-refractivity contribution in [3.05, 3.63) is 89.2 Å². The first-order valence-corrected chi connectivity index (χ1v) is 9.33. The van der Waals surface area contributed by atoms with Gasteiger partial charge >= 0.3 is 0 Å². The van der Waals surface area contributed by atoms with Gasteiger partial charge in [0.15, 0.2) is 11.6 Å². The fraction of sp³-hybridized carbons (Fsp3) is 0.200. The molecule has 3 aromatic carbocycles. The highest BCUT2D eigenvalue weighted by molar-refractivity contribution is 5.64. The van der Waals surface area contributed by atoms with Gasteiger partial charge in [-0.1, -0.05) is 61.6 Å². The monoisotopic (exact) mass is 358 g/mol. The summed E-state index contributed by atoms with van der Waals surface area (Å²) in [5.41, 5.74) is 5.26. The van der Waals surface area contributed by atoms with Crippen molar-refractivity contribution >= 4 is 0 Å². The second kappa shape index (κ2) is 9.05. The van der Waals surface area contributed by atoms with Crippen molar-refractivity contribution in [2.24, 2.45) is 0 Å². The Labute approximate surface area is 160 Å². The van der Waals surface area contributed by atoms with Crippen molar-refractivity contribution < 1.29 is 9.13 Å². The Morgan fingerprint density at radius 1 is 0.778 bits per heavy atom. The van der Waals surface area contributed by atoms with Crippen LogP contribution in [0.4, 0.5) is 4.39 Å². The highest BCUT2D eigenvalue weighted by Gasteiger charge is 2.03. The molecule has 136 valence electrons. The van der Waals surface area contributed by atoms with E-state index in [-0.39, 0.29) is 11.6 Å². The van der Waals surface area contributed by atoms with Crippen molar-refractivity contribution in [2.75, 3.05) is 6.61 Å². The van der Waals surface area contributed by atoms with Gasteiger partial charge in [-0.25, -0.2) is 4.39 Å². The molecule has 0 aliphatic heterocycles. The van der Waals surface area contributed by atoms with Gasteiger partial charge in [-0.3, -0.25) is 0 Å². The first-order chi connectivity index (χ1) is 13.2. The highest BCUT2D eigenvalue weighted by atomic mass is 19.1. The second-order valence-corrected chi connectivity index (χ2v) is 6.35. The maximum absolute atomic E-state index is 13.9. The SMILES string of the molecule is CCCc1ccc(-c2ccc(C#Cc3ccc(OCC)c(F)c3)cc2)cc1. The van der Waals surface area contributed by atoms with E-state index in [0.717, 1.165) is 24.0 Å². The molecule has 0 unspecified atom stereocenters. The fourth-order valence-corrected chi connectivity index (χ4v) is 2.89. The lowest BCUT2D eigenvalue weighted by Gasteiger charge is -2.04. The van der Waals surface area contributed by atoms with Crippen LogP contribution in [0.1, 0.15) is 37.0 Å². The molecular formula is C25H23FO. The van der Waals surface area contributed by atoms with Crippen LogP contribution in [0.2, 0.25) is 0 Å². The number of hydrogen-bond donors (Lipinski definition) is 0. The lowest BCUT2D eigenvalue weighted by molar-refractivity contribution is 0.321. The molecule has 0 spiro atoms. The summed E-state index contributed by atoms with van der Waals surface area (Å²) in [6.07, 6.45) is 2.27. The third-order valence-electron chi connectivity index (χ3n) is 4.29. The van der Waals surface area contributed by atoms with Crippen molar-refractivity contribution in [1.29, 1.82) is 0 Å². The van der Waals surface area contributed by atoms with E-state index < -0.39 is 0 Å². The number of benzene rings is 3. The minimum absolute atomic E-state index is 0.261. The minimum Gasteiger partial charge on any atom is -0.491 e. The molecule has 0 saturated heterocycles. The van der Waals surface area contributed by atoms with Crippen LogP contribution in [0.25, 0.3) is 11.1 Å². The Hall–Kier alpha value is -3.05. The van der Waals surface area contributed by atoms with Gasteiger partial charge in [0.05, 0.1) is 6.61 Å². The molecule has 0 aromatic heterocycles. The van der Waals surface area contributed by atoms with Crippen LogP contribution in [-0.4, -0.2) is 6.61 Å². The molecular weight excluding hydrogens is 335 g/mol. The van der Waals surface area contributed by atoms with E-state index in [1.54, 1.807) is 12.1 Å². The zero-order valence-corrected chi connectivity index (χ0v) is 15.8. The summed E-state index contributed by atoms with van der Waals surface area (Å²) >= 11 is 0. The lowest BCUT2D eigenvalue weighted by atomic mass is 10.0. The van der Waals surface area contributed by atoms with Gasteiger partial charge in [0.1, 0.15) is 0 Å². The van der Waals surface area contributed by atoms with Gasteiger partial charge in [0, 0.05) is 11.1 Å². The van der Waals surface area contributed by atoms with Gasteiger partial charge in [-0.15, -0.1) is 0 Å². The van der Waals surface area contributed by atoms with Crippen LogP contribution in [0.5, 0.6) is 5.75 Å². The molecule has 0 fully saturated rings. The van der Waals surface area contributed by atoms with Gasteiger partial charge in [0.25, 0.3) is 0 Å². The average Bonchev–Trinajstić information content (AvgIpc) is 2.70. The van der Waals surface area contributed by atoms with Crippen LogP contribution in [-0.2, 0) is 6.42 Å². The molecule has 0 aliphatic carbocycles. The summed E-state index contributed by atoms with van der Waals surface area (Å²) in [7, 11) is 0. The summed E-state index contributed by atoms with van der Waals surface area (Å²) in [4.78, 5) is 0. The first kappa shape index (κ1) is 18.7. The molecule has 0 heterocycles. The molecule has 27 heavy (non-hydrogen) atoms. The van der Waals surface area contributed by atoms with E-state index in [0.29, 0.717) is 12.2 Å². The predicted octanol–water partition coefficient (Wildman–Crippen LogP) is 6.24.